The maximum Gasteiger partial charge on any atom is 0.241 e. The lowest BCUT2D eigenvalue weighted by Gasteiger charge is -2.56. The van der Waals surface area contributed by atoms with Crippen LogP contribution in [0.1, 0.15) is 51.4 Å². The highest BCUT2D eigenvalue weighted by Crippen LogP contribution is 2.56. The largest absolute Gasteiger partial charge is 0.495 e. The van der Waals surface area contributed by atoms with Gasteiger partial charge in [0.05, 0.1) is 17.7 Å². The molecule has 0 atom stereocenters. The molecule has 6 rings (SSSR count). The van der Waals surface area contributed by atoms with Crippen molar-refractivity contribution in [3.63, 3.8) is 0 Å². The number of hydrogen-bond donors (Lipinski definition) is 1. The molecule has 0 aromatic heterocycles. The molecule has 1 saturated heterocycles. The molecule has 152 valence electrons. The molecule has 1 amide bonds. The van der Waals surface area contributed by atoms with Gasteiger partial charge in [0.2, 0.25) is 15.9 Å². The first kappa shape index (κ1) is 18.4. The standard InChI is InChI=1S/C21H28N2O4S/c1-27-19-5-4-17(10-18(19)23-6-2-3-20(23)24)28(25,26)22-21-11-14-7-15(12-21)9-16(8-14)13-21/h4-5,10,14-16,22H,2-3,6-9,11-13H2,1H3. The second-order valence-electron chi connectivity index (χ2n) is 9.29. The van der Waals surface area contributed by atoms with Gasteiger partial charge >= 0.3 is 0 Å². The molecule has 1 aliphatic heterocycles. The third kappa shape index (κ3) is 3.03. The van der Waals surface area contributed by atoms with E-state index in [0.29, 0.717) is 42.2 Å². The predicted molar refractivity (Wildman–Crippen MR) is 106 cm³/mol. The summed E-state index contributed by atoms with van der Waals surface area (Å²) in [5.41, 5.74) is 0.273. The van der Waals surface area contributed by atoms with Crippen molar-refractivity contribution in [2.24, 2.45) is 17.8 Å². The van der Waals surface area contributed by atoms with E-state index in [-0.39, 0.29) is 16.3 Å². The molecule has 6 nitrogen and oxygen atoms in total. The Morgan fingerprint density at radius 3 is 2.29 bits per heavy atom. The van der Waals surface area contributed by atoms with Gasteiger partial charge in [-0.15, -0.1) is 0 Å². The van der Waals surface area contributed by atoms with E-state index in [1.165, 1.54) is 19.3 Å². The van der Waals surface area contributed by atoms with Crippen LogP contribution in [0.4, 0.5) is 5.69 Å². The summed E-state index contributed by atoms with van der Waals surface area (Å²) in [7, 11) is -2.12. The van der Waals surface area contributed by atoms with E-state index < -0.39 is 10.0 Å². The van der Waals surface area contributed by atoms with Crippen LogP contribution in [0.2, 0.25) is 0 Å². The van der Waals surface area contributed by atoms with Crippen LogP contribution in [0, 0.1) is 17.8 Å². The molecule has 1 N–H and O–H groups in total. The number of anilines is 1. The molecule has 1 heterocycles. The van der Waals surface area contributed by atoms with Crippen molar-refractivity contribution in [3.8, 4) is 5.75 Å². The van der Waals surface area contributed by atoms with Gasteiger partial charge in [0.25, 0.3) is 0 Å². The van der Waals surface area contributed by atoms with Crippen LogP contribution in [0.15, 0.2) is 23.1 Å². The van der Waals surface area contributed by atoms with Crippen LogP contribution < -0.4 is 14.4 Å². The SMILES string of the molecule is COc1ccc(S(=O)(=O)NC23CC4CC(CC(C4)C2)C3)cc1N1CCCC1=O. The lowest BCUT2D eigenvalue weighted by Crippen LogP contribution is -2.59. The number of carbonyl (C=O) groups is 1. The molecule has 0 spiro atoms. The van der Waals surface area contributed by atoms with Gasteiger partial charge in [-0.25, -0.2) is 13.1 Å². The van der Waals surface area contributed by atoms with Crippen molar-refractivity contribution < 1.29 is 17.9 Å². The number of sulfonamides is 1. The molecule has 4 saturated carbocycles. The summed E-state index contributed by atoms with van der Waals surface area (Å²) in [6.45, 7) is 0.598. The quantitative estimate of drug-likeness (QED) is 0.818. The smallest absolute Gasteiger partial charge is 0.241 e. The van der Waals surface area contributed by atoms with Gasteiger partial charge in [-0.1, -0.05) is 0 Å². The Balaban J connectivity index is 1.46. The summed E-state index contributed by atoms with van der Waals surface area (Å²) < 4.78 is 35.1. The van der Waals surface area contributed by atoms with Crippen molar-refractivity contribution in [2.75, 3.05) is 18.6 Å². The predicted octanol–water partition coefficient (Wildman–Crippen LogP) is 3.07. The van der Waals surface area contributed by atoms with Crippen molar-refractivity contribution in [1.29, 1.82) is 0 Å². The van der Waals surface area contributed by atoms with Crippen LogP contribution in [-0.4, -0.2) is 33.5 Å². The summed E-state index contributed by atoms with van der Waals surface area (Å²) in [4.78, 5) is 14.1. The zero-order valence-electron chi connectivity index (χ0n) is 16.3. The lowest BCUT2D eigenvalue weighted by atomic mass is 9.53. The fraction of sp³-hybridized carbons (Fsp3) is 0.667. The zero-order chi connectivity index (χ0) is 19.5. The highest BCUT2D eigenvalue weighted by Gasteiger charge is 2.52. The molecular weight excluding hydrogens is 376 g/mol. The van der Waals surface area contributed by atoms with Crippen molar-refractivity contribution in [2.45, 2.75) is 61.8 Å². The van der Waals surface area contributed by atoms with Gasteiger partial charge in [0, 0.05) is 18.5 Å². The summed E-state index contributed by atoms with van der Waals surface area (Å²) in [5.74, 6) is 2.55. The number of carbonyl (C=O) groups excluding carboxylic acids is 1. The number of benzene rings is 1. The Labute approximate surface area is 166 Å². The van der Waals surface area contributed by atoms with Crippen molar-refractivity contribution >= 4 is 21.6 Å². The molecule has 1 aromatic carbocycles. The Morgan fingerprint density at radius 2 is 1.75 bits per heavy atom. The maximum absolute atomic E-state index is 13.3. The molecule has 1 aromatic rings. The van der Waals surface area contributed by atoms with Crippen LogP contribution in [0.5, 0.6) is 5.75 Å². The van der Waals surface area contributed by atoms with Crippen LogP contribution in [0.25, 0.3) is 0 Å². The van der Waals surface area contributed by atoms with Gasteiger partial charge in [-0.3, -0.25) is 4.79 Å². The minimum Gasteiger partial charge on any atom is -0.495 e. The number of nitrogens with one attached hydrogen (secondary N) is 1. The minimum atomic E-state index is -3.66. The summed E-state index contributed by atoms with van der Waals surface area (Å²) >= 11 is 0. The second-order valence-corrected chi connectivity index (χ2v) is 11.0. The average Bonchev–Trinajstić information content (AvgIpc) is 3.05. The second kappa shape index (κ2) is 6.46. The molecule has 5 aliphatic rings. The molecule has 4 bridgehead atoms. The number of hydrogen-bond acceptors (Lipinski definition) is 4. The Hall–Kier alpha value is -1.60. The van der Waals surface area contributed by atoms with Crippen LogP contribution in [-0.2, 0) is 14.8 Å². The molecule has 0 radical (unpaired) electrons. The Kier molecular flexibility index (Phi) is 4.25. The first-order valence-electron chi connectivity index (χ1n) is 10.4. The lowest BCUT2D eigenvalue weighted by molar-refractivity contribution is -0.117. The number of nitrogens with zero attached hydrogens (tertiary/aromatic N) is 1. The number of amides is 1. The van der Waals surface area contributed by atoms with E-state index in [4.69, 9.17) is 4.74 Å². The van der Waals surface area contributed by atoms with E-state index in [1.807, 2.05) is 0 Å². The summed E-state index contributed by atoms with van der Waals surface area (Å²) in [5, 5.41) is 0. The van der Waals surface area contributed by atoms with E-state index in [1.54, 1.807) is 30.2 Å². The third-order valence-corrected chi connectivity index (χ3v) is 8.79. The fourth-order valence-corrected chi connectivity index (χ4v) is 7.98. The first-order valence-corrected chi connectivity index (χ1v) is 11.9. The molecule has 28 heavy (non-hydrogen) atoms. The zero-order valence-corrected chi connectivity index (χ0v) is 17.1. The summed E-state index contributed by atoms with van der Waals surface area (Å²) in [6, 6.07) is 4.85. The number of rotatable bonds is 5. The van der Waals surface area contributed by atoms with Crippen LogP contribution >= 0.6 is 0 Å². The van der Waals surface area contributed by atoms with Gasteiger partial charge in [0.15, 0.2) is 0 Å². The number of methoxy groups -OCH3 is 1. The highest BCUT2D eigenvalue weighted by atomic mass is 32.2. The molecular formula is C21H28N2O4S. The summed E-state index contributed by atoms with van der Waals surface area (Å²) in [6.07, 6.45) is 7.97. The van der Waals surface area contributed by atoms with E-state index in [2.05, 4.69) is 4.72 Å². The minimum absolute atomic E-state index is 0.0156. The van der Waals surface area contributed by atoms with Gasteiger partial charge in [-0.05, 0) is 80.9 Å². The van der Waals surface area contributed by atoms with E-state index >= 15 is 0 Å². The first-order chi connectivity index (χ1) is 13.4. The monoisotopic (exact) mass is 404 g/mol. The van der Waals surface area contributed by atoms with Gasteiger partial charge in [-0.2, -0.15) is 0 Å². The third-order valence-electron chi connectivity index (χ3n) is 7.21. The molecule has 7 heteroatoms. The normalized spacial score (nSPS) is 34.2. The van der Waals surface area contributed by atoms with Gasteiger partial charge in [0.1, 0.15) is 5.75 Å². The Morgan fingerprint density at radius 1 is 1.11 bits per heavy atom. The van der Waals surface area contributed by atoms with Crippen molar-refractivity contribution in [3.05, 3.63) is 18.2 Å². The average molecular weight is 405 g/mol. The maximum atomic E-state index is 13.3. The van der Waals surface area contributed by atoms with Crippen LogP contribution in [0.3, 0.4) is 0 Å². The fourth-order valence-electron chi connectivity index (χ4n) is 6.53. The van der Waals surface area contributed by atoms with E-state index in [0.717, 1.165) is 25.7 Å². The van der Waals surface area contributed by atoms with Crippen molar-refractivity contribution in [1.82, 2.24) is 4.72 Å². The topological polar surface area (TPSA) is 75.7 Å². The molecule has 4 aliphatic carbocycles. The number of ether oxygens (including phenoxy) is 1. The Bertz CT molecular complexity index is 876. The highest BCUT2D eigenvalue weighted by molar-refractivity contribution is 7.89. The molecule has 0 unspecified atom stereocenters. The van der Waals surface area contributed by atoms with E-state index in [9.17, 15) is 13.2 Å². The molecule has 5 fully saturated rings. The van der Waals surface area contributed by atoms with Gasteiger partial charge < -0.3 is 9.64 Å².